The lowest BCUT2D eigenvalue weighted by atomic mass is 10.0. The van der Waals surface area contributed by atoms with E-state index >= 15 is 0 Å². The second-order valence-electron chi connectivity index (χ2n) is 4.32. The van der Waals surface area contributed by atoms with Gasteiger partial charge in [0.2, 0.25) is 0 Å². The standard InChI is InChI=1S/C10H18N2O5/c1-10(3-2-4-17-10)6-12-9(16)11-5-7(13)8(14)15/h7,13H,2-6H2,1H3,(H,14,15)(H2,11,12,16). The molecule has 1 aliphatic rings. The van der Waals surface area contributed by atoms with Crippen LogP contribution in [0.25, 0.3) is 0 Å². The predicted octanol–water partition coefficient (Wildman–Crippen LogP) is -0.700. The molecule has 2 unspecified atom stereocenters. The van der Waals surface area contributed by atoms with Crippen LogP contribution in [0.5, 0.6) is 0 Å². The fourth-order valence-corrected chi connectivity index (χ4v) is 1.58. The first-order valence-corrected chi connectivity index (χ1v) is 5.49. The number of urea groups is 1. The van der Waals surface area contributed by atoms with Gasteiger partial charge in [0, 0.05) is 13.2 Å². The minimum atomic E-state index is -1.58. The second-order valence-corrected chi connectivity index (χ2v) is 4.32. The number of carbonyl (C=O) groups excluding carboxylic acids is 1. The van der Waals surface area contributed by atoms with Crippen molar-refractivity contribution in [1.82, 2.24) is 10.6 Å². The molecule has 4 N–H and O–H groups in total. The number of nitrogens with one attached hydrogen (secondary N) is 2. The summed E-state index contributed by atoms with van der Waals surface area (Å²) in [6.45, 7) is 2.64. The van der Waals surface area contributed by atoms with Crippen molar-refractivity contribution in [3.8, 4) is 0 Å². The van der Waals surface area contributed by atoms with E-state index < -0.39 is 18.1 Å². The van der Waals surface area contributed by atoms with Crippen molar-refractivity contribution >= 4 is 12.0 Å². The molecule has 0 bridgehead atoms. The smallest absolute Gasteiger partial charge is 0.334 e. The van der Waals surface area contributed by atoms with Crippen LogP contribution >= 0.6 is 0 Å². The molecule has 0 aliphatic carbocycles. The number of carboxylic acid groups (broad SMARTS) is 1. The third-order valence-electron chi connectivity index (χ3n) is 2.66. The Hall–Kier alpha value is -1.34. The van der Waals surface area contributed by atoms with Crippen molar-refractivity contribution < 1.29 is 24.5 Å². The van der Waals surface area contributed by atoms with Gasteiger partial charge in [-0.05, 0) is 19.8 Å². The summed E-state index contributed by atoms with van der Waals surface area (Å²) in [6, 6.07) is -0.512. The Morgan fingerprint density at radius 3 is 2.71 bits per heavy atom. The van der Waals surface area contributed by atoms with E-state index in [1.807, 2.05) is 6.92 Å². The number of rotatable bonds is 5. The molecule has 0 aromatic rings. The largest absolute Gasteiger partial charge is 0.479 e. The number of aliphatic carboxylic acids is 1. The minimum absolute atomic E-state index is 0.321. The zero-order valence-corrected chi connectivity index (χ0v) is 9.73. The number of hydrogen-bond donors (Lipinski definition) is 4. The third-order valence-corrected chi connectivity index (χ3v) is 2.66. The minimum Gasteiger partial charge on any atom is -0.479 e. The zero-order valence-electron chi connectivity index (χ0n) is 9.73. The van der Waals surface area contributed by atoms with Gasteiger partial charge in [-0.25, -0.2) is 9.59 Å². The molecule has 7 nitrogen and oxygen atoms in total. The second kappa shape index (κ2) is 5.83. The van der Waals surface area contributed by atoms with Crippen LogP contribution in [-0.4, -0.2) is 53.6 Å². The number of aliphatic hydroxyl groups excluding tert-OH is 1. The van der Waals surface area contributed by atoms with Gasteiger partial charge < -0.3 is 25.6 Å². The van der Waals surface area contributed by atoms with E-state index in [-0.39, 0.29) is 12.1 Å². The van der Waals surface area contributed by atoms with Crippen molar-refractivity contribution in [2.45, 2.75) is 31.5 Å². The monoisotopic (exact) mass is 246 g/mol. The first kappa shape index (κ1) is 13.7. The average molecular weight is 246 g/mol. The zero-order chi connectivity index (χ0) is 12.9. The topological polar surface area (TPSA) is 108 Å². The fourth-order valence-electron chi connectivity index (χ4n) is 1.58. The molecule has 0 saturated carbocycles. The summed E-state index contributed by atoms with van der Waals surface area (Å²) in [4.78, 5) is 21.6. The summed E-state index contributed by atoms with van der Waals surface area (Å²) in [5.74, 6) is -1.36. The maximum Gasteiger partial charge on any atom is 0.334 e. The van der Waals surface area contributed by atoms with Gasteiger partial charge in [0.25, 0.3) is 0 Å². The van der Waals surface area contributed by atoms with E-state index in [1.54, 1.807) is 0 Å². The molecule has 1 saturated heterocycles. The van der Waals surface area contributed by atoms with E-state index in [1.165, 1.54) is 0 Å². The first-order chi connectivity index (χ1) is 7.93. The Morgan fingerprint density at radius 1 is 1.47 bits per heavy atom. The van der Waals surface area contributed by atoms with Gasteiger partial charge in [0.15, 0.2) is 6.10 Å². The van der Waals surface area contributed by atoms with E-state index in [9.17, 15) is 9.59 Å². The van der Waals surface area contributed by atoms with E-state index in [4.69, 9.17) is 14.9 Å². The molecule has 1 heterocycles. The van der Waals surface area contributed by atoms with Crippen LogP contribution in [0.15, 0.2) is 0 Å². The van der Waals surface area contributed by atoms with Crippen LogP contribution in [0, 0.1) is 0 Å². The molecule has 0 aromatic heterocycles. The number of hydrogen-bond acceptors (Lipinski definition) is 4. The van der Waals surface area contributed by atoms with Crippen LogP contribution in [0.3, 0.4) is 0 Å². The molecule has 1 rings (SSSR count). The van der Waals surface area contributed by atoms with Crippen molar-refractivity contribution in [3.63, 3.8) is 0 Å². The lowest BCUT2D eigenvalue weighted by Gasteiger charge is -2.23. The Balaban J connectivity index is 2.19. The molecule has 0 radical (unpaired) electrons. The van der Waals surface area contributed by atoms with E-state index in [0.29, 0.717) is 13.2 Å². The summed E-state index contributed by atoms with van der Waals surface area (Å²) < 4.78 is 5.47. The summed E-state index contributed by atoms with van der Waals surface area (Å²) >= 11 is 0. The number of carboxylic acids is 1. The van der Waals surface area contributed by atoms with Gasteiger partial charge >= 0.3 is 12.0 Å². The van der Waals surface area contributed by atoms with Crippen LogP contribution in [0.2, 0.25) is 0 Å². The van der Waals surface area contributed by atoms with Gasteiger partial charge in [-0.1, -0.05) is 0 Å². The maximum absolute atomic E-state index is 11.3. The van der Waals surface area contributed by atoms with Crippen LogP contribution < -0.4 is 10.6 Å². The summed E-state index contributed by atoms with van der Waals surface area (Å²) in [7, 11) is 0. The van der Waals surface area contributed by atoms with Gasteiger partial charge in [-0.15, -0.1) is 0 Å². The lowest BCUT2D eigenvalue weighted by Crippen LogP contribution is -2.47. The van der Waals surface area contributed by atoms with Crippen molar-refractivity contribution in [3.05, 3.63) is 0 Å². The van der Waals surface area contributed by atoms with Gasteiger partial charge in [0.05, 0.1) is 12.1 Å². The highest BCUT2D eigenvalue weighted by molar-refractivity contribution is 5.76. The molecule has 7 heteroatoms. The van der Waals surface area contributed by atoms with E-state index in [2.05, 4.69) is 10.6 Å². The number of aliphatic hydroxyl groups is 1. The highest BCUT2D eigenvalue weighted by atomic mass is 16.5. The molecular formula is C10H18N2O5. The van der Waals surface area contributed by atoms with Gasteiger partial charge in [-0.3, -0.25) is 0 Å². The third kappa shape index (κ3) is 4.58. The highest BCUT2D eigenvalue weighted by Crippen LogP contribution is 2.23. The molecule has 0 aromatic carbocycles. The molecule has 1 aliphatic heterocycles. The normalized spacial score (nSPS) is 25.3. The SMILES string of the molecule is CC1(CNC(=O)NCC(O)C(=O)O)CCCO1. The molecular weight excluding hydrogens is 228 g/mol. The summed E-state index contributed by atoms with van der Waals surface area (Å²) in [6.07, 6.45) is 0.266. The molecule has 1 fully saturated rings. The number of ether oxygens (including phenoxy) is 1. The van der Waals surface area contributed by atoms with Crippen molar-refractivity contribution in [2.24, 2.45) is 0 Å². The highest BCUT2D eigenvalue weighted by Gasteiger charge is 2.30. The maximum atomic E-state index is 11.3. The predicted molar refractivity (Wildman–Crippen MR) is 58.6 cm³/mol. The molecule has 98 valence electrons. The molecule has 17 heavy (non-hydrogen) atoms. The Morgan fingerprint density at radius 2 is 2.18 bits per heavy atom. The first-order valence-electron chi connectivity index (χ1n) is 5.49. The van der Waals surface area contributed by atoms with Crippen molar-refractivity contribution in [2.75, 3.05) is 19.7 Å². The fraction of sp³-hybridized carbons (Fsp3) is 0.800. The van der Waals surface area contributed by atoms with Crippen molar-refractivity contribution in [1.29, 1.82) is 0 Å². The Kier molecular flexibility index (Phi) is 4.71. The molecule has 0 spiro atoms. The van der Waals surface area contributed by atoms with E-state index in [0.717, 1.165) is 12.8 Å². The van der Waals surface area contributed by atoms with Gasteiger partial charge in [-0.2, -0.15) is 0 Å². The summed E-state index contributed by atoms with van der Waals surface area (Å²) in [5, 5.41) is 22.2. The molecule has 2 atom stereocenters. The van der Waals surface area contributed by atoms with Crippen LogP contribution in [0.1, 0.15) is 19.8 Å². The average Bonchev–Trinajstić information content (AvgIpc) is 2.70. The number of carbonyl (C=O) groups is 2. The van der Waals surface area contributed by atoms with Crippen LogP contribution in [-0.2, 0) is 9.53 Å². The number of amides is 2. The van der Waals surface area contributed by atoms with Gasteiger partial charge in [0.1, 0.15) is 0 Å². The quantitative estimate of drug-likeness (QED) is 0.513. The Bertz CT molecular complexity index is 288. The Labute approximate surface area is 99.1 Å². The molecule has 2 amide bonds. The van der Waals surface area contributed by atoms with Crippen LogP contribution in [0.4, 0.5) is 4.79 Å². The summed E-state index contributed by atoms with van der Waals surface area (Å²) in [5.41, 5.74) is -0.344. The lowest BCUT2D eigenvalue weighted by molar-refractivity contribution is -0.146.